The van der Waals surface area contributed by atoms with Gasteiger partial charge >= 0.3 is 5.97 Å². The summed E-state index contributed by atoms with van der Waals surface area (Å²) in [6.45, 7) is 5.71. The number of fused-ring (bicyclic) bond motifs is 2. The Morgan fingerprint density at radius 3 is 2.64 bits per heavy atom. The van der Waals surface area contributed by atoms with Crippen LogP contribution in [0.25, 0.3) is 11.8 Å². The largest absolute Gasteiger partial charge is 0.465 e. The molecule has 2 aliphatic heterocycles. The van der Waals surface area contributed by atoms with E-state index in [1.165, 1.54) is 12.1 Å². The van der Waals surface area contributed by atoms with Crippen molar-refractivity contribution in [3.05, 3.63) is 71.4 Å². The number of anilines is 1. The Hall–Kier alpha value is -3.41. The second-order valence-corrected chi connectivity index (χ2v) is 11.4. The molecular formula is C28H30FN5O4S. The maximum absolute atomic E-state index is 13.7. The molecule has 3 aliphatic rings. The summed E-state index contributed by atoms with van der Waals surface area (Å²) in [7, 11) is -1.49. The van der Waals surface area contributed by atoms with Crippen LogP contribution < -0.4 is 4.90 Å². The molecule has 2 aromatic heterocycles. The predicted octanol–water partition coefficient (Wildman–Crippen LogP) is 3.16. The fourth-order valence-corrected chi connectivity index (χ4v) is 6.81. The maximum atomic E-state index is 13.7. The summed E-state index contributed by atoms with van der Waals surface area (Å²) in [6.07, 6.45) is 6.35. The van der Waals surface area contributed by atoms with E-state index in [9.17, 15) is 13.4 Å². The standard InChI is InChI=1S/C28H30FN5O4S/c1-2-38-27(35)28-16-20-17-31-34(23-5-3-22(29)4-6-23)25(20)15-21(28)9-10-33(19-28)39(36)24-7-8-26(30-18-24)32-11-13-37-14-12-32/h3-8,15,17-18H,2,9-14,16,19H2,1H3/t28-,39?/m0/s1. The van der Waals surface area contributed by atoms with Crippen LogP contribution in [0.3, 0.4) is 0 Å². The van der Waals surface area contributed by atoms with Crippen molar-refractivity contribution in [3.8, 4) is 5.69 Å². The Labute approximate surface area is 228 Å². The zero-order valence-corrected chi connectivity index (χ0v) is 22.5. The highest BCUT2D eigenvalue weighted by Gasteiger charge is 2.50. The molecule has 6 rings (SSSR count). The van der Waals surface area contributed by atoms with E-state index in [0.29, 0.717) is 37.5 Å². The highest BCUT2D eigenvalue weighted by molar-refractivity contribution is 7.82. The van der Waals surface area contributed by atoms with Crippen LogP contribution in [0.2, 0.25) is 0 Å². The van der Waals surface area contributed by atoms with Crippen LogP contribution in [0.5, 0.6) is 0 Å². The van der Waals surface area contributed by atoms with Gasteiger partial charge < -0.3 is 14.4 Å². The fourth-order valence-electron chi connectivity index (χ4n) is 5.59. The molecule has 0 N–H and O–H groups in total. The molecule has 2 saturated heterocycles. The molecule has 3 aromatic rings. The lowest BCUT2D eigenvalue weighted by atomic mass is 9.69. The number of aromatic nitrogens is 3. The van der Waals surface area contributed by atoms with E-state index < -0.39 is 16.4 Å². The van der Waals surface area contributed by atoms with E-state index in [-0.39, 0.29) is 24.9 Å². The van der Waals surface area contributed by atoms with Gasteiger partial charge in [0.1, 0.15) is 28.0 Å². The number of carbonyl (C=O) groups excluding carboxylic acids is 1. The number of hydrogen-bond donors (Lipinski definition) is 0. The normalized spacial score (nSPS) is 22.0. The lowest BCUT2D eigenvalue weighted by Crippen LogP contribution is -2.52. The van der Waals surface area contributed by atoms with E-state index in [0.717, 1.165) is 41.4 Å². The summed E-state index contributed by atoms with van der Waals surface area (Å²) in [5, 5.41) is 4.54. The molecule has 0 radical (unpaired) electrons. The molecule has 11 heteroatoms. The molecule has 0 spiro atoms. The Bertz CT molecular complexity index is 1420. The van der Waals surface area contributed by atoms with Crippen molar-refractivity contribution in [1.29, 1.82) is 0 Å². The Balaban J connectivity index is 1.28. The van der Waals surface area contributed by atoms with Gasteiger partial charge in [-0.15, -0.1) is 0 Å². The van der Waals surface area contributed by atoms with Crippen LogP contribution in [-0.2, 0) is 31.7 Å². The van der Waals surface area contributed by atoms with Gasteiger partial charge in [0.25, 0.3) is 0 Å². The third-order valence-corrected chi connectivity index (χ3v) is 9.04. The average molecular weight is 552 g/mol. The first-order valence-electron chi connectivity index (χ1n) is 13.2. The topological polar surface area (TPSA) is 89.8 Å². The minimum Gasteiger partial charge on any atom is -0.465 e. The molecule has 1 aromatic carbocycles. The van der Waals surface area contributed by atoms with Gasteiger partial charge in [-0.05, 0) is 73.4 Å². The number of hydrogen-bond acceptors (Lipinski definition) is 7. The molecule has 0 saturated carbocycles. The van der Waals surface area contributed by atoms with Crippen molar-refractivity contribution in [3.63, 3.8) is 0 Å². The third-order valence-electron chi connectivity index (χ3n) is 7.61. The van der Waals surface area contributed by atoms with Gasteiger partial charge in [0.15, 0.2) is 0 Å². The molecule has 1 aliphatic carbocycles. The summed E-state index contributed by atoms with van der Waals surface area (Å²) in [4.78, 5) is 20.8. The van der Waals surface area contributed by atoms with Gasteiger partial charge in [-0.1, -0.05) is 0 Å². The monoisotopic (exact) mass is 551 g/mol. The number of carbonyl (C=O) groups is 1. The first-order valence-corrected chi connectivity index (χ1v) is 14.3. The van der Waals surface area contributed by atoms with Gasteiger partial charge in [-0.25, -0.2) is 22.6 Å². The smallest absolute Gasteiger partial charge is 0.317 e. The van der Waals surface area contributed by atoms with Gasteiger partial charge in [0.05, 0.1) is 42.3 Å². The van der Waals surface area contributed by atoms with Crippen LogP contribution in [0.15, 0.2) is 59.3 Å². The quantitative estimate of drug-likeness (QED) is 0.435. The highest BCUT2D eigenvalue weighted by Crippen LogP contribution is 2.45. The van der Waals surface area contributed by atoms with Crippen molar-refractivity contribution in [2.24, 2.45) is 5.41 Å². The van der Waals surface area contributed by atoms with Gasteiger partial charge in [0, 0.05) is 32.4 Å². The lowest BCUT2D eigenvalue weighted by molar-refractivity contribution is -0.154. The minimum absolute atomic E-state index is 0.256. The number of esters is 1. The fraction of sp³-hybridized carbons (Fsp3) is 0.393. The molecule has 9 nitrogen and oxygen atoms in total. The zero-order chi connectivity index (χ0) is 27.0. The number of piperidine rings is 1. The zero-order valence-electron chi connectivity index (χ0n) is 21.7. The molecule has 204 valence electrons. The average Bonchev–Trinajstić information content (AvgIpc) is 3.38. The van der Waals surface area contributed by atoms with Gasteiger partial charge in [0.2, 0.25) is 0 Å². The van der Waals surface area contributed by atoms with Crippen molar-refractivity contribution in [2.45, 2.75) is 24.7 Å². The van der Waals surface area contributed by atoms with E-state index in [1.54, 1.807) is 36.1 Å². The lowest BCUT2D eigenvalue weighted by Gasteiger charge is -2.43. The Morgan fingerprint density at radius 1 is 1.13 bits per heavy atom. The van der Waals surface area contributed by atoms with E-state index in [1.807, 2.05) is 22.5 Å². The maximum Gasteiger partial charge on any atom is 0.317 e. The summed E-state index contributed by atoms with van der Waals surface area (Å²) in [5.74, 6) is 0.202. The number of benzene rings is 1. The minimum atomic E-state index is -1.49. The number of morpholine rings is 1. The number of halogens is 1. The third kappa shape index (κ3) is 4.79. The van der Waals surface area contributed by atoms with E-state index in [4.69, 9.17) is 9.47 Å². The van der Waals surface area contributed by atoms with Crippen LogP contribution in [0.4, 0.5) is 10.2 Å². The van der Waals surface area contributed by atoms with Crippen molar-refractivity contribution in [1.82, 2.24) is 19.1 Å². The molecule has 2 atom stereocenters. The van der Waals surface area contributed by atoms with Gasteiger partial charge in [-0.2, -0.15) is 5.10 Å². The van der Waals surface area contributed by atoms with Crippen molar-refractivity contribution < 1.29 is 22.9 Å². The molecule has 4 heterocycles. The van der Waals surface area contributed by atoms with Crippen molar-refractivity contribution >= 4 is 28.8 Å². The Morgan fingerprint density at radius 2 is 1.92 bits per heavy atom. The second kappa shape index (κ2) is 10.6. The van der Waals surface area contributed by atoms with E-state index in [2.05, 4.69) is 15.0 Å². The molecule has 0 bridgehead atoms. The van der Waals surface area contributed by atoms with Crippen LogP contribution in [0.1, 0.15) is 24.6 Å². The molecule has 39 heavy (non-hydrogen) atoms. The van der Waals surface area contributed by atoms with Crippen LogP contribution >= 0.6 is 0 Å². The number of pyridine rings is 1. The molecule has 0 amide bonds. The van der Waals surface area contributed by atoms with Crippen molar-refractivity contribution in [2.75, 3.05) is 50.9 Å². The number of nitrogens with zero attached hydrogens (tertiary/aromatic N) is 5. The predicted molar refractivity (Wildman–Crippen MR) is 144 cm³/mol. The summed E-state index contributed by atoms with van der Waals surface area (Å²) < 4.78 is 41.8. The first kappa shape index (κ1) is 25.8. The van der Waals surface area contributed by atoms with Gasteiger partial charge in [-0.3, -0.25) is 4.79 Å². The first-order chi connectivity index (χ1) is 19.0. The molecule has 2 fully saturated rings. The van der Waals surface area contributed by atoms with Crippen LogP contribution in [-0.4, -0.2) is 75.2 Å². The summed E-state index contributed by atoms with van der Waals surface area (Å²) >= 11 is 0. The number of rotatable bonds is 6. The molecule has 1 unspecified atom stereocenters. The molecular weight excluding hydrogens is 521 g/mol. The summed E-state index contributed by atoms with van der Waals surface area (Å²) in [5.41, 5.74) is 2.47. The Kier molecular flexibility index (Phi) is 7.05. The van der Waals surface area contributed by atoms with E-state index >= 15 is 0 Å². The van der Waals surface area contributed by atoms with Crippen LogP contribution in [0, 0.1) is 11.2 Å². The second-order valence-electron chi connectivity index (χ2n) is 9.91. The SMILES string of the molecule is CCOC(=O)[C@]12Cc3cnn(-c4ccc(F)cc4)c3C=C1CCN(S(=O)c1ccc(N3CCOCC3)nc1)C2. The number of ether oxygens (including phenoxy) is 2. The highest BCUT2D eigenvalue weighted by atomic mass is 32.2. The summed E-state index contributed by atoms with van der Waals surface area (Å²) in [6, 6.07) is 9.90.